The predicted octanol–water partition coefficient (Wildman–Crippen LogP) is 0.900. The highest BCUT2D eigenvalue weighted by molar-refractivity contribution is 5.51. The second-order valence-corrected chi connectivity index (χ2v) is 4.01. The number of nitrogens with one attached hydrogen (secondary N) is 1. The minimum Gasteiger partial charge on any atom is -0.383 e. The Morgan fingerprint density at radius 2 is 1.89 bits per heavy atom. The van der Waals surface area contributed by atoms with Gasteiger partial charge in [-0.15, -0.1) is 0 Å². The molecule has 0 radical (unpaired) electrons. The lowest BCUT2D eigenvalue weighted by molar-refractivity contribution is 0.190. The third-order valence-corrected chi connectivity index (χ3v) is 2.73. The number of hydrogen-bond donors (Lipinski definition) is 1. The van der Waals surface area contributed by atoms with Crippen molar-refractivity contribution >= 4 is 5.69 Å². The van der Waals surface area contributed by atoms with Crippen LogP contribution in [0.5, 0.6) is 0 Å². The van der Waals surface area contributed by atoms with Gasteiger partial charge in [0.2, 0.25) is 0 Å². The van der Waals surface area contributed by atoms with Gasteiger partial charge in [-0.25, -0.2) is 0 Å². The predicted molar refractivity (Wildman–Crippen MR) is 73.0 cm³/mol. The summed E-state index contributed by atoms with van der Waals surface area (Å²) in [6, 6.07) is 2.04. The molecule has 0 fully saturated rings. The fourth-order valence-corrected chi connectivity index (χ4v) is 1.80. The van der Waals surface area contributed by atoms with Crippen LogP contribution in [0.25, 0.3) is 0 Å². The standard InChI is InChI=1S/C13H23N3O2/c1-14-10-12-4-5-15-11-13(12)16(6-8-17-2)7-9-18-3/h4-5,11,14H,6-10H2,1-3H3. The van der Waals surface area contributed by atoms with E-state index in [1.54, 1.807) is 14.2 Å². The Labute approximate surface area is 109 Å². The molecular weight excluding hydrogens is 230 g/mol. The number of anilines is 1. The summed E-state index contributed by atoms with van der Waals surface area (Å²) in [7, 11) is 5.37. The van der Waals surface area contributed by atoms with Crippen LogP contribution in [0.1, 0.15) is 5.56 Å². The first-order chi connectivity index (χ1) is 8.83. The van der Waals surface area contributed by atoms with Gasteiger partial charge >= 0.3 is 0 Å². The van der Waals surface area contributed by atoms with Crippen molar-refractivity contribution in [3.63, 3.8) is 0 Å². The van der Waals surface area contributed by atoms with E-state index in [1.165, 1.54) is 5.56 Å². The van der Waals surface area contributed by atoms with Crippen LogP contribution in [-0.4, -0.2) is 52.6 Å². The quantitative estimate of drug-likeness (QED) is 0.708. The van der Waals surface area contributed by atoms with Gasteiger partial charge in [-0.05, 0) is 18.7 Å². The number of hydrogen-bond acceptors (Lipinski definition) is 5. The summed E-state index contributed by atoms with van der Waals surface area (Å²) in [6.07, 6.45) is 3.72. The van der Waals surface area contributed by atoms with E-state index in [2.05, 4.69) is 15.2 Å². The second kappa shape index (κ2) is 8.85. The summed E-state index contributed by atoms with van der Waals surface area (Å²) in [4.78, 5) is 6.46. The van der Waals surface area contributed by atoms with Crippen molar-refractivity contribution in [2.45, 2.75) is 6.54 Å². The molecule has 18 heavy (non-hydrogen) atoms. The molecule has 5 nitrogen and oxygen atoms in total. The summed E-state index contributed by atoms with van der Waals surface area (Å²) in [5.41, 5.74) is 2.38. The molecule has 1 aromatic rings. The van der Waals surface area contributed by atoms with Crippen molar-refractivity contribution in [2.24, 2.45) is 0 Å². The summed E-state index contributed by atoms with van der Waals surface area (Å²) in [5.74, 6) is 0. The van der Waals surface area contributed by atoms with Gasteiger partial charge in [-0.3, -0.25) is 4.98 Å². The molecule has 1 aromatic heterocycles. The van der Waals surface area contributed by atoms with E-state index in [0.717, 1.165) is 25.3 Å². The molecule has 0 aliphatic carbocycles. The van der Waals surface area contributed by atoms with E-state index < -0.39 is 0 Å². The summed E-state index contributed by atoms with van der Waals surface area (Å²) >= 11 is 0. The zero-order valence-electron chi connectivity index (χ0n) is 11.5. The lowest BCUT2D eigenvalue weighted by Crippen LogP contribution is -2.32. The number of rotatable bonds is 9. The summed E-state index contributed by atoms with van der Waals surface area (Å²) < 4.78 is 10.3. The maximum Gasteiger partial charge on any atom is 0.0637 e. The van der Waals surface area contributed by atoms with Crippen LogP contribution in [-0.2, 0) is 16.0 Å². The first kappa shape index (κ1) is 14.9. The first-order valence-corrected chi connectivity index (χ1v) is 6.13. The smallest absolute Gasteiger partial charge is 0.0637 e. The van der Waals surface area contributed by atoms with Crippen LogP contribution in [0.3, 0.4) is 0 Å². The maximum atomic E-state index is 5.16. The normalized spacial score (nSPS) is 10.6. The average molecular weight is 253 g/mol. The number of nitrogens with zero attached hydrogens (tertiary/aromatic N) is 2. The Kier molecular flexibility index (Phi) is 7.32. The fraction of sp³-hybridized carbons (Fsp3) is 0.615. The Bertz CT molecular complexity index is 326. The lowest BCUT2D eigenvalue weighted by atomic mass is 10.2. The highest BCUT2D eigenvalue weighted by atomic mass is 16.5. The van der Waals surface area contributed by atoms with Gasteiger partial charge in [0, 0.05) is 40.1 Å². The van der Waals surface area contributed by atoms with Crippen molar-refractivity contribution in [3.8, 4) is 0 Å². The van der Waals surface area contributed by atoms with Crippen molar-refractivity contribution < 1.29 is 9.47 Å². The molecule has 1 rings (SSSR count). The van der Waals surface area contributed by atoms with Gasteiger partial charge in [0.1, 0.15) is 0 Å². The van der Waals surface area contributed by atoms with Crippen LogP contribution in [0.4, 0.5) is 5.69 Å². The van der Waals surface area contributed by atoms with Gasteiger partial charge in [-0.2, -0.15) is 0 Å². The monoisotopic (exact) mass is 253 g/mol. The number of ether oxygens (including phenoxy) is 2. The fourth-order valence-electron chi connectivity index (χ4n) is 1.80. The molecule has 102 valence electrons. The Morgan fingerprint density at radius 1 is 1.22 bits per heavy atom. The van der Waals surface area contributed by atoms with E-state index >= 15 is 0 Å². The third-order valence-electron chi connectivity index (χ3n) is 2.73. The Morgan fingerprint density at radius 3 is 2.44 bits per heavy atom. The molecule has 1 heterocycles. The van der Waals surface area contributed by atoms with Crippen molar-refractivity contribution in [2.75, 3.05) is 52.5 Å². The topological polar surface area (TPSA) is 46.6 Å². The Balaban J connectivity index is 2.81. The summed E-state index contributed by atoms with van der Waals surface area (Å²) in [5, 5.41) is 3.17. The SMILES string of the molecule is CNCc1ccncc1N(CCOC)CCOC. The second-order valence-electron chi connectivity index (χ2n) is 4.01. The van der Waals surface area contributed by atoms with Gasteiger partial charge in [-0.1, -0.05) is 0 Å². The van der Waals surface area contributed by atoms with Gasteiger partial charge in [0.15, 0.2) is 0 Å². The van der Waals surface area contributed by atoms with Crippen molar-refractivity contribution in [3.05, 3.63) is 24.0 Å². The van der Waals surface area contributed by atoms with E-state index in [9.17, 15) is 0 Å². The number of methoxy groups -OCH3 is 2. The van der Waals surface area contributed by atoms with E-state index in [4.69, 9.17) is 9.47 Å². The lowest BCUT2D eigenvalue weighted by Gasteiger charge is -2.26. The van der Waals surface area contributed by atoms with Gasteiger partial charge in [0.05, 0.1) is 25.1 Å². The molecule has 0 aromatic carbocycles. The average Bonchev–Trinajstić information content (AvgIpc) is 2.40. The third kappa shape index (κ3) is 4.60. The molecule has 0 unspecified atom stereocenters. The zero-order chi connectivity index (χ0) is 13.2. The molecule has 0 atom stereocenters. The highest BCUT2D eigenvalue weighted by Crippen LogP contribution is 2.18. The highest BCUT2D eigenvalue weighted by Gasteiger charge is 2.10. The number of pyridine rings is 1. The van der Waals surface area contributed by atoms with Crippen LogP contribution < -0.4 is 10.2 Å². The molecule has 0 aliphatic rings. The van der Waals surface area contributed by atoms with Crippen molar-refractivity contribution in [1.29, 1.82) is 0 Å². The molecule has 0 spiro atoms. The van der Waals surface area contributed by atoms with Crippen LogP contribution >= 0.6 is 0 Å². The molecular formula is C13H23N3O2. The van der Waals surface area contributed by atoms with Gasteiger partial charge in [0.25, 0.3) is 0 Å². The van der Waals surface area contributed by atoms with E-state index in [1.807, 2.05) is 25.5 Å². The molecule has 0 saturated heterocycles. The first-order valence-electron chi connectivity index (χ1n) is 6.13. The molecule has 0 saturated carbocycles. The largest absolute Gasteiger partial charge is 0.383 e. The van der Waals surface area contributed by atoms with Crippen molar-refractivity contribution in [1.82, 2.24) is 10.3 Å². The summed E-state index contributed by atoms with van der Waals surface area (Å²) in [6.45, 7) is 3.88. The van der Waals surface area contributed by atoms with E-state index in [0.29, 0.717) is 13.2 Å². The molecule has 0 bridgehead atoms. The minimum absolute atomic E-state index is 0.692. The number of aromatic nitrogens is 1. The van der Waals surface area contributed by atoms with Crippen LogP contribution in [0, 0.1) is 0 Å². The Hall–Kier alpha value is -1.17. The minimum atomic E-state index is 0.692. The molecule has 0 aliphatic heterocycles. The molecule has 0 amide bonds. The van der Waals surface area contributed by atoms with E-state index in [-0.39, 0.29) is 0 Å². The molecule has 5 heteroatoms. The molecule has 1 N–H and O–H groups in total. The van der Waals surface area contributed by atoms with Gasteiger partial charge < -0.3 is 19.7 Å². The van der Waals surface area contributed by atoms with Crippen LogP contribution in [0.15, 0.2) is 18.5 Å². The van der Waals surface area contributed by atoms with Crippen LogP contribution in [0.2, 0.25) is 0 Å². The zero-order valence-corrected chi connectivity index (χ0v) is 11.5. The maximum absolute atomic E-state index is 5.16.